The van der Waals surface area contributed by atoms with Gasteiger partial charge in [-0.1, -0.05) is 25.9 Å². The molecule has 0 aliphatic carbocycles. The van der Waals surface area contributed by atoms with Gasteiger partial charge in [-0.25, -0.2) is 0 Å². The van der Waals surface area contributed by atoms with Crippen molar-refractivity contribution in [2.24, 2.45) is 0 Å². The van der Waals surface area contributed by atoms with Gasteiger partial charge in [0.15, 0.2) is 0 Å². The normalized spacial score (nSPS) is 11.8. The molecule has 2 N–H and O–H groups in total. The second kappa shape index (κ2) is 5.84. The molecular formula is C11H22N4O. The fourth-order valence-corrected chi connectivity index (χ4v) is 1.77. The smallest absolute Gasteiger partial charge is 0.315 e. The molecule has 1 aromatic heterocycles. The molecule has 0 aliphatic heterocycles. The summed E-state index contributed by atoms with van der Waals surface area (Å²) in [6.45, 7) is 7.12. The van der Waals surface area contributed by atoms with E-state index in [0.717, 1.165) is 19.3 Å². The van der Waals surface area contributed by atoms with Crippen LogP contribution in [-0.2, 0) is 6.54 Å². The molecule has 1 heterocycles. The van der Waals surface area contributed by atoms with Gasteiger partial charge in [-0.3, -0.25) is 0 Å². The highest BCUT2D eigenvalue weighted by Crippen LogP contribution is 2.24. The lowest BCUT2D eigenvalue weighted by molar-refractivity contribution is 0.395. The summed E-state index contributed by atoms with van der Waals surface area (Å²) in [4.78, 5) is 0. The zero-order valence-corrected chi connectivity index (χ0v) is 10.6. The average Bonchev–Trinajstić information content (AvgIpc) is 2.74. The Hall–Kier alpha value is -1.10. The first-order valence-electron chi connectivity index (χ1n) is 5.94. The number of nitrogens with one attached hydrogen (secondary N) is 2. The standard InChI is InChI=1S/C11H22N4O/c1-5-11(6-2,7-3)13-10-15-14-9(16-10)8-12-4/h12H,5-8H2,1-4H3,(H,13,15). The summed E-state index contributed by atoms with van der Waals surface area (Å²) in [6.07, 6.45) is 3.14. The Balaban J connectivity index is 2.69. The maximum absolute atomic E-state index is 5.49. The van der Waals surface area contributed by atoms with Crippen LogP contribution in [0.3, 0.4) is 0 Å². The van der Waals surface area contributed by atoms with Gasteiger partial charge < -0.3 is 15.1 Å². The van der Waals surface area contributed by atoms with Gasteiger partial charge in [-0.05, 0) is 26.3 Å². The predicted octanol–water partition coefficient (Wildman–Crippen LogP) is 2.17. The molecule has 0 unspecified atom stereocenters. The second-order valence-corrected chi connectivity index (χ2v) is 4.00. The van der Waals surface area contributed by atoms with Gasteiger partial charge in [0.25, 0.3) is 0 Å². The second-order valence-electron chi connectivity index (χ2n) is 4.00. The molecule has 5 nitrogen and oxygen atoms in total. The first-order valence-corrected chi connectivity index (χ1v) is 5.94. The van der Waals surface area contributed by atoms with Gasteiger partial charge in [0.05, 0.1) is 6.54 Å². The van der Waals surface area contributed by atoms with E-state index in [-0.39, 0.29) is 5.54 Å². The monoisotopic (exact) mass is 226 g/mol. The van der Waals surface area contributed by atoms with E-state index in [4.69, 9.17) is 4.42 Å². The minimum Gasteiger partial charge on any atom is -0.407 e. The van der Waals surface area contributed by atoms with Gasteiger partial charge >= 0.3 is 6.01 Å². The van der Waals surface area contributed by atoms with Crippen molar-refractivity contribution in [3.63, 3.8) is 0 Å². The van der Waals surface area contributed by atoms with E-state index >= 15 is 0 Å². The number of anilines is 1. The zero-order chi connectivity index (χ0) is 12.0. The number of rotatable bonds is 7. The van der Waals surface area contributed by atoms with E-state index in [9.17, 15) is 0 Å². The van der Waals surface area contributed by atoms with E-state index in [1.165, 1.54) is 0 Å². The van der Waals surface area contributed by atoms with Crippen LogP contribution in [0.4, 0.5) is 6.01 Å². The molecule has 0 fully saturated rings. The largest absolute Gasteiger partial charge is 0.407 e. The maximum atomic E-state index is 5.49. The molecule has 0 spiro atoms. The third-order valence-corrected chi connectivity index (χ3v) is 3.20. The van der Waals surface area contributed by atoms with Crippen LogP contribution in [0.5, 0.6) is 0 Å². The van der Waals surface area contributed by atoms with Crippen molar-refractivity contribution in [3.8, 4) is 0 Å². The van der Waals surface area contributed by atoms with Gasteiger partial charge in [-0.15, -0.1) is 5.10 Å². The van der Waals surface area contributed by atoms with Gasteiger partial charge in [0.2, 0.25) is 5.89 Å². The topological polar surface area (TPSA) is 63.0 Å². The molecule has 0 atom stereocenters. The van der Waals surface area contributed by atoms with E-state index in [0.29, 0.717) is 18.5 Å². The van der Waals surface area contributed by atoms with Crippen LogP contribution >= 0.6 is 0 Å². The Morgan fingerprint density at radius 2 is 1.75 bits per heavy atom. The first kappa shape index (κ1) is 13.0. The first-order chi connectivity index (χ1) is 7.69. The summed E-state index contributed by atoms with van der Waals surface area (Å²) in [7, 11) is 1.85. The van der Waals surface area contributed by atoms with Crippen molar-refractivity contribution in [1.82, 2.24) is 15.5 Å². The van der Waals surface area contributed by atoms with Crippen molar-refractivity contribution >= 4 is 6.01 Å². The highest BCUT2D eigenvalue weighted by molar-refractivity contribution is 5.23. The Bertz CT molecular complexity index is 298. The van der Waals surface area contributed by atoms with Crippen molar-refractivity contribution in [2.45, 2.75) is 52.1 Å². The average molecular weight is 226 g/mol. The quantitative estimate of drug-likeness (QED) is 0.746. The van der Waals surface area contributed by atoms with Crippen LogP contribution < -0.4 is 10.6 Å². The number of nitrogens with zero attached hydrogens (tertiary/aromatic N) is 2. The van der Waals surface area contributed by atoms with Crippen molar-refractivity contribution in [1.29, 1.82) is 0 Å². The maximum Gasteiger partial charge on any atom is 0.315 e. The molecular weight excluding hydrogens is 204 g/mol. The SMILES string of the molecule is CCC(CC)(CC)Nc1nnc(CNC)o1. The minimum atomic E-state index is 0.0729. The van der Waals surface area contributed by atoms with Crippen LogP contribution in [0.1, 0.15) is 45.9 Å². The molecule has 1 aromatic rings. The van der Waals surface area contributed by atoms with Crippen LogP contribution in [0.2, 0.25) is 0 Å². The van der Waals surface area contributed by atoms with E-state index < -0.39 is 0 Å². The van der Waals surface area contributed by atoms with Crippen LogP contribution in [-0.4, -0.2) is 22.8 Å². The van der Waals surface area contributed by atoms with E-state index in [1.807, 2.05) is 7.05 Å². The summed E-state index contributed by atoms with van der Waals surface area (Å²) in [6, 6.07) is 0.524. The number of hydrogen-bond donors (Lipinski definition) is 2. The van der Waals surface area contributed by atoms with E-state index in [2.05, 4.69) is 41.6 Å². The van der Waals surface area contributed by atoms with Gasteiger partial charge in [-0.2, -0.15) is 0 Å². The molecule has 92 valence electrons. The summed E-state index contributed by atoms with van der Waals surface area (Å²) >= 11 is 0. The number of hydrogen-bond acceptors (Lipinski definition) is 5. The zero-order valence-electron chi connectivity index (χ0n) is 10.6. The molecule has 16 heavy (non-hydrogen) atoms. The Morgan fingerprint density at radius 3 is 2.25 bits per heavy atom. The lowest BCUT2D eigenvalue weighted by Gasteiger charge is -2.30. The van der Waals surface area contributed by atoms with Crippen LogP contribution in [0.15, 0.2) is 4.42 Å². The lowest BCUT2D eigenvalue weighted by Crippen LogP contribution is -2.36. The lowest BCUT2D eigenvalue weighted by atomic mass is 9.90. The molecule has 0 radical (unpaired) electrons. The van der Waals surface area contributed by atoms with E-state index in [1.54, 1.807) is 0 Å². The summed E-state index contributed by atoms with van der Waals surface area (Å²) in [5.41, 5.74) is 0.0729. The molecule has 1 rings (SSSR count). The van der Waals surface area contributed by atoms with Crippen molar-refractivity contribution in [3.05, 3.63) is 5.89 Å². The van der Waals surface area contributed by atoms with Crippen LogP contribution in [0.25, 0.3) is 0 Å². The fraction of sp³-hybridized carbons (Fsp3) is 0.818. The molecule has 0 aliphatic rings. The Kier molecular flexibility index (Phi) is 4.73. The summed E-state index contributed by atoms with van der Waals surface area (Å²) in [5.74, 6) is 0.613. The predicted molar refractivity (Wildman–Crippen MR) is 64.3 cm³/mol. The molecule has 0 aromatic carbocycles. The molecule has 0 saturated carbocycles. The van der Waals surface area contributed by atoms with Crippen molar-refractivity contribution in [2.75, 3.05) is 12.4 Å². The summed E-state index contributed by atoms with van der Waals surface area (Å²) in [5, 5.41) is 14.3. The fourth-order valence-electron chi connectivity index (χ4n) is 1.77. The van der Waals surface area contributed by atoms with Crippen molar-refractivity contribution < 1.29 is 4.42 Å². The summed E-state index contributed by atoms with van der Waals surface area (Å²) < 4.78 is 5.49. The minimum absolute atomic E-state index is 0.0729. The van der Waals surface area contributed by atoms with Gasteiger partial charge in [0, 0.05) is 5.54 Å². The molecule has 0 saturated heterocycles. The molecule has 5 heteroatoms. The number of aromatic nitrogens is 2. The highest BCUT2D eigenvalue weighted by atomic mass is 16.4. The highest BCUT2D eigenvalue weighted by Gasteiger charge is 2.25. The molecule has 0 amide bonds. The van der Waals surface area contributed by atoms with Crippen LogP contribution in [0, 0.1) is 0 Å². The Morgan fingerprint density at radius 1 is 1.12 bits per heavy atom. The Labute approximate surface area is 97.0 Å². The van der Waals surface area contributed by atoms with Gasteiger partial charge in [0.1, 0.15) is 0 Å². The third-order valence-electron chi connectivity index (χ3n) is 3.20. The third kappa shape index (κ3) is 2.95. The molecule has 0 bridgehead atoms.